The summed E-state index contributed by atoms with van der Waals surface area (Å²) in [5, 5.41) is 22.9. The van der Waals surface area contributed by atoms with Gasteiger partial charge in [0.25, 0.3) is 5.91 Å². The molecule has 27 heavy (non-hydrogen) atoms. The molecule has 1 aromatic heterocycles. The van der Waals surface area contributed by atoms with Gasteiger partial charge in [-0.25, -0.2) is 4.79 Å². The number of thioether (sulfide) groups is 1. The van der Waals surface area contributed by atoms with Gasteiger partial charge in [0.2, 0.25) is 5.91 Å². The maximum atomic E-state index is 12.5. The molecule has 0 aliphatic carbocycles. The Hall–Kier alpha value is -2.69. The number of carbonyl (C=O) groups is 3. The lowest BCUT2D eigenvalue weighted by Crippen LogP contribution is -2.36. The van der Waals surface area contributed by atoms with E-state index in [1.54, 1.807) is 6.08 Å². The highest BCUT2D eigenvalue weighted by Gasteiger charge is 2.33. The Morgan fingerprint density at radius 3 is 2.74 bits per heavy atom. The van der Waals surface area contributed by atoms with Gasteiger partial charge in [-0.2, -0.15) is 0 Å². The third kappa shape index (κ3) is 4.35. The molecule has 1 aliphatic heterocycles. The molecule has 0 bridgehead atoms. The molecular formula is C17H12N2O5S3. The number of hydrogen-bond donors (Lipinski definition) is 3. The van der Waals surface area contributed by atoms with Crippen LogP contribution < -0.4 is 5.32 Å². The van der Waals surface area contributed by atoms with E-state index in [1.807, 2.05) is 17.5 Å². The highest BCUT2D eigenvalue weighted by atomic mass is 32.2. The molecule has 0 spiro atoms. The van der Waals surface area contributed by atoms with E-state index < -0.39 is 11.9 Å². The first kappa shape index (κ1) is 19.1. The number of amides is 2. The zero-order chi connectivity index (χ0) is 19.6. The highest BCUT2D eigenvalue weighted by Crippen LogP contribution is 2.33. The molecule has 3 N–H and O–H groups in total. The maximum Gasteiger partial charge on any atom is 0.337 e. The van der Waals surface area contributed by atoms with Gasteiger partial charge in [-0.05, 0) is 35.7 Å². The molecule has 2 amide bonds. The van der Waals surface area contributed by atoms with E-state index in [4.69, 9.17) is 12.2 Å². The van der Waals surface area contributed by atoms with E-state index in [9.17, 15) is 24.6 Å². The lowest BCUT2D eigenvalue weighted by molar-refractivity contribution is -0.126. The van der Waals surface area contributed by atoms with Crippen molar-refractivity contribution in [2.45, 2.75) is 0 Å². The van der Waals surface area contributed by atoms with Crippen molar-refractivity contribution in [3.05, 3.63) is 51.1 Å². The van der Waals surface area contributed by atoms with E-state index in [0.29, 0.717) is 4.91 Å². The van der Waals surface area contributed by atoms with Crippen molar-refractivity contribution in [3.8, 4) is 5.75 Å². The molecule has 7 nitrogen and oxygen atoms in total. The fourth-order valence-electron chi connectivity index (χ4n) is 2.29. The second-order valence-electron chi connectivity index (χ2n) is 5.37. The monoisotopic (exact) mass is 420 g/mol. The summed E-state index contributed by atoms with van der Waals surface area (Å²) in [6.45, 7) is -0.341. The lowest BCUT2D eigenvalue weighted by atomic mass is 10.1. The predicted molar refractivity (Wildman–Crippen MR) is 108 cm³/mol. The van der Waals surface area contributed by atoms with Crippen LogP contribution in [0, 0.1) is 0 Å². The molecule has 0 radical (unpaired) electrons. The topological polar surface area (TPSA) is 107 Å². The van der Waals surface area contributed by atoms with Gasteiger partial charge in [-0.3, -0.25) is 14.5 Å². The van der Waals surface area contributed by atoms with Gasteiger partial charge >= 0.3 is 5.97 Å². The highest BCUT2D eigenvalue weighted by molar-refractivity contribution is 8.26. The number of anilines is 1. The molecule has 138 valence electrons. The Labute approximate surface area is 167 Å². The normalized spacial score (nSPS) is 15.4. The molecule has 0 saturated carbocycles. The number of benzene rings is 1. The largest absolute Gasteiger partial charge is 0.508 e. The van der Waals surface area contributed by atoms with Gasteiger partial charge < -0.3 is 15.5 Å². The van der Waals surface area contributed by atoms with Crippen LogP contribution in [-0.2, 0) is 9.59 Å². The first-order valence-electron chi connectivity index (χ1n) is 7.50. The standard InChI is InChI=1S/C17H12N2O5S3/c20-9-3-4-12(11(6-9)16(23)24)18-14(21)8-19-15(22)13(27-17(19)25)7-10-2-1-5-26-10/h1-7,20H,8H2,(H,18,21)(H,23,24)/b13-7-. The van der Waals surface area contributed by atoms with E-state index in [0.717, 1.165) is 27.6 Å². The zero-order valence-corrected chi connectivity index (χ0v) is 16.0. The second-order valence-corrected chi connectivity index (χ2v) is 8.02. The number of rotatable bonds is 5. The van der Waals surface area contributed by atoms with Crippen molar-refractivity contribution < 1.29 is 24.6 Å². The summed E-state index contributed by atoms with van der Waals surface area (Å²) in [5.74, 6) is -2.51. The summed E-state index contributed by atoms with van der Waals surface area (Å²) < 4.78 is 0.252. The molecule has 0 unspecified atom stereocenters. The molecule has 0 atom stereocenters. The SMILES string of the molecule is O=C(CN1C(=O)/C(=C/c2cccs2)SC1=S)Nc1ccc(O)cc1C(=O)O. The molecule has 1 aromatic carbocycles. The number of carboxylic acids is 1. The second kappa shape index (κ2) is 7.91. The van der Waals surface area contributed by atoms with Gasteiger partial charge in [0.1, 0.15) is 16.6 Å². The van der Waals surface area contributed by atoms with Crippen molar-refractivity contribution in [2.75, 3.05) is 11.9 Å². The van der Waals surface area contributed by atoms with Gasteiger partial charge in [0.05, 0.1) is 16.2 Å². The van der Waals surface area contributed by atoms with Crippen molar-refractivity contribution in [1.82, 2.24) is 4.90 Å². The number of carboxylic acid groups (broad SMARTS) is 1. The number of phenolic OH excluding ortho intramolecular Hbond substituents is 1. The lowest BCUT2D eigenvalue weighted by Gasteiger charge is -2.15. The summed E-state index contributed by atoms with van der Waals surface area (Å²) in [6, 6.07) is 7.29. The zero-order valence-electron chi connectivity index (χ0n) is 13.5. The molecule has 1 fully saturated rings. The van der Waals surface area contributed by atoms with Crippen LogP contribution >= 0.6 is 35.3 Å². The van der Waals surface area contributed by atoms with Crippen LogP contribution in [0.3, 0.4) is 0 Å². The Morgan fingerprint density at radius 2 is 2.07 bits per heavy atom. The minimum absolute atomic E-state index is 0.0184. The van der Waals surface area contributed by atoms with E-state index in [-0.39, 0.29) is 33.8 Å². The van der Waals surface area contributed by atoms with Crippen molar-refractivity contribution in [3.63, 3.8) is 0 Å². The van der Waals surface area contributed by atoms with Crippen LogP contribution in [0.25, 0.3) is 6.08 Å². The number of carbonyl (C=O) groups excluding carboxylic acids is 2. The van der Waals surface area contributed by atoms with Crippen LogP contribution in [0.1, 0.15) is 15.2 Å². The first-order chi connectivity index (χ1) is 12.8. The third-order valence-electron chi connectivity index (χ3n) is 3.50. The Morgan fingerprint density at radius 1 is 1.30 bits per heavy atom. The molecule has 1 aliphatic rings. The average Bonchev–Trinajstić information content (AvgIpc) is 3.21. The smallest absolute Gasteiger partial charge is 0.337 e. The van der Waals surface area contributed by atoms with Gasteiger partial charge in [-0.15, -0.1) is 11.3 Å². The number of aromatic carboxylic acids is 1. The number of thiocarbonyl (C=S) groups is 1. The quantitative estimate of drug-likeness (QED) is 0.388. The average molecular weight is 420 g/mol. The molecule has 2 aromatic rings. The number of hydrogen-bond acceptors (Lipinski definition) is 7. The number of thiophene rings is 1. The van der Waals surface area contributed by atoms with Gasteiger partial charge in [-0.1, -0.05) is 30.0 Å². The van der Waals surface area contributed by atoms with Crippen LogP contribution in [0.4, 0.5) is 5.69 Å². The molecule has 2 heterocycles. The van der Waals surface area contributed by atoms with E-state index in [1.165, 1.54) is 23.5 Å². The van der Waals surface area contributed by atoms with Crippen LogP contribution in [0.15, 0.2) is 40.6 Å². The van der Waals surface area contributed by atoms with Gasteiger partial charge in [0, 0.05) is 4.88 Å². The summed E-state index contributed by atoms with van der Waals surface area (Å²) >= 11 is 7.76. The van der Waals surface area contributed by atoms with Crippen LogP contribution in [-0.4, -0.2) is 43.8 Å². The fraction of sp³-hybridized carbons (Fsp3) is 0.0588. The Kier molecular flexibility index (Phi) is 5.59. The van der Waals surface area contributed by atoms with Crippen LogP contribution in [0.2, 0.25) is 0 Å². The number of nitrogens with zero attached hydrogens (tertiary/aromatic N) is 1. The Bertz CT molecular complexity index is 969. The minimum Gasteiger partial charge on any atom is -0.508 e. The minimum atomic E-state index is -1.30. The number of nitrogens with one attached hydrogen (secondary N) is 1. The van der Waals surface area contributed by atoms with E-state index >= 15 is 0 Å². The number of phenols is 1. The van der Waals surface area contributed by atoms with E-state index in [2.05, 4.69) is 5.32 Å². The van der Waals surface area contributed by atoms with Crippen molar-refractivity contribution in [1.29, 1.82) is 0 Å². The maximum absolute atomic E-state index is 12.5. The summed E-state index contributed by atoms with van der Waals surface area (Å²) in [5.41, 5.74) is -0.240. The fourth-order valence-corrected chi connectivity index (χ4v) is 4.27. The third-order valence-corrected chi connectivity index (χ3v) is 5.70. The molecule has 1 saturated heterocycles. The molecular weight excluding hydrogens is 408 g/mol. The molecule has 3 rings (SSSR count). The van der Waals surface area contributed by atoms with Crippen molar-refractivity contribution >= 4 is 69.2 Å². The first-order valence-corrected chi connectivity index (χ1v) is 9.60. The van der Waals surface area contributed by atoms with Crippen LogP contribution in [0.5, 0.6) is 5.75 Å². The van der Waals surface area contributed by atoms with Crippen molar-refractivity contribution in [2.24, 2.45) is 0 Å². The Balaban J connectivity index is 1.72. The van der Waals surface area contributed by atoms with Gasteiger partial charge in [0.15, 0.2) is 0 Å². The molecule has 10 heteroatoms. The number of aromatic hydroxyl groups is 1. The predicted octanol–water partition coefficient (Wildman–Crippen LogP) is 2.99. The summed E-state index contributed by atoms with van der Waals surface area (Å²) in [4.78, 5) is 38.5. The summed E-state index contributed by atoms with van der Waals surface area (Å²) in [7, 11) is 0. The summed E-state index contributed by atoms with van der Waals surface area (Å²) in [6.07, 6.45) is 1.71.